The minimum absolute atomic E-state index is 0.146. The zero-order chi connectivity index (χ0) is 10.8. The molecular formula is C10H7F4. The Balaban J connectivity index is 3.13. The molecule has 0 fully saturated rings. The second kappa shape index (κ2) is 3.82. The standard InChI is InChI=1S/C10H7F4/c1-2-3-7-4-8(10(12,13)14)6-9(11)5-7/h2-6H,1H2. The van der Waals surface area contributed by atoms with Crippen molar-refractivity contribution in [2.45, 2.75) is 6.18 Å². The lowest BCUT2D eigenvalue weighted by molar-refractivity contribution is -0.137. The van der Waals surface area contributed by atoms with Gasteiger partial charge < -0.3 is 0 Å². The molecule has 1 aromatic rings. The van der Waals surface area contributed by atoms with Gasteiger partial charge in [-0.05, 0) is 23.8 Å². The Morgan fingerprint density at radius 3 is 2.29 bits per heavy atom. The third kappa shape index (κ3) is 2.58. The van der Waals surface area contributed by atoms with Crippen molar-refractivity contribution in [3.05, 3.63) is 54.2 Å². The van der Waals surface area contributed by atoms with Gasteiger partial charge in [0.05, 0.1) is 5.56 Å². The second-order valence-corrected chi connectivity index (χ2v) is 2.67. The third-order valence-electron chi connectivity index (χ3n) is 1.56. The molecule has 1 radical (unpaired) electrons. The monoisotopic (exact) mass is 203 g/mol. The van der Waals surface area contributed by atoms with Crippen molar-refractivity contribution >= 4 is 0 Å². The van der Waals surface area contributed by atoms with E-state index in [2.05, 4.69) is 6.58 Å². The van der Waals surface area contributed by atoms with E-state index >= 15 is 0 Å². The van der Waals surface area contributed by atoms with Crippen LogP contribution in [0.25, 0.3) is 0 Å². The Labute approximate surface area is 78.9 Å². The zero-order valence-electron chi connectivity index (χ0n) is 7.11. The predicted octanol–water partition coefficient (Wildman–Crippen LogP) is 3.58. The highest BCUT2D eigenvalue weighted by Gasteiger charge is 2.31. The molecule has 0 spiro atoms. The maximum Gasteiger partial charge on any atom is 0.416 e. The van der Waals surface area contributed by atoms with Crippen molar-refractivity contribution in [2.75, 3.05) is 0 Å². The number of alkyl halides is 3. The first kappa shape index (κ1) is 10.8. The topological polar surface area (TPSA) is 0 Å². The van der Waals surface area contributed by atoms with Gasteiger partial charge >= 0.3 is 6.18 Å². The smallest absolute Gasteiger partial charge is 0.207 e. The highest BCUT2D eigenvalue weighted by molar-refractivity contribution is 5.33. The summed E-state index contributed by atoms with van der Waals surface area (Å²) in [5.41, 5.74) is -0.849. The summed E-state index contributed by atoms with van der Waals surface area (Å²) >= 11 is 0. The fourth-order valence-electron chi connectivity index (χ4n) is 1.01. The lowest BCUT2D eigenvalue weighted by Gasteiger charge is -2.08. The van der Waals surface area contributed by atoms with Crippen LogP contribution in [0.2, 0.25) is 0 Å². The first-order chi connectivity index (χ1) is 6.43. The van der Waals surface area contributed by atoms with Crippen molar-refractivity contribution in [1.29, 1.82) is 0 Å². The fraction of sp³-hybridized carbons (Fsp3) is 0.100. The average molecular weight is 203 g/mol. The van der Waals surface area contributed by atoms with E-state index in [0.717, 1.165) is 12.1 Å². The van der Waals surface area contributed by atoms with Crippen molar-refractivity contribution in [3.8, 4) is 0 Å². The number of benzene rings is 1. The van der Waals surface area contributed by atoms with Gasteiger partial charge in [-0.15, -0.1) is 6.58 Å². The lowest BCUT2D eigenvalue weighted by atomic mass is 10.1. The summed E-state index contributed by atoms with van der Waals surface area (Å²) in [4.78, 5) is 0. The van der Waals surface area contributed by atoms with Crippen molar-refractivity contribution in [3.63, 3.8) is 0 Å². The molecule has 0 saturated heterocycles. The van der Waals surface area contributed by atoms with E-state index < -0.39 is 17.6 Å². The summed E-state index contributed by atoms with van der Waals surface area (Å²) in [6.07, 6.45) is -1.92. The van der Waals surface area contributed by atoms with Gasteiger partial charge in [0.25, 0.3) is 0 Å². The van der Waals surface area contributed by atoms with E-state index in [1.807, 2.05) is 0 Å². The Morgan fingerprint density at radius 2 is 1.79 bits per heavy atom. The number of allylic oxidation sites excluding steroid dienone is 1. The highest BCUT2D eigenvalue weighted by Crippen LogP contribution is 2.30. The maximum absolute atomic E-state index is 12.7. The molecule has 0 amide bonds. The molecule has 1 rings (SSSR count). The van der Waals surface area contributed by atoms with E-state index in [1.54, 1.807) is 0 Å². The van der Waals surface area contributed by atoms with Crippen LogP contribution in [0.5, 0.6) is 0 Å². The molecule has 75 valence electrons. The third-order valence-corrected chi connectivity index (χ3v) is 1.56. The van der Waals surface area contributed by atoms with E-state index in [4.69, 9.17) is 0 Å². The number of hydrogen-bond donors (Lipinski definition) is 0. The summed E-state index contributed by atoms with van der Waals surface area (Å²) in [6.45, 7) is 3.32. The van der Waals surface area contributed by atoms with Crippen molar-refractivity contribution in [2.24, 2.45) is 0 Å². The average Bonchev–Trinajstić information content (AvgIpc) is 2.02. The highest BCUT2D eigenvalue weighted by atomic mass is 19.4. The molecule has 0 aliphatic carbocycles. The molecule has 0 aliphatic rings. The summed E-state index contributed by atoms with van der Waals surface area (Å²) in [7, 11) is 0. The van der Waals surface area contributed by atoms with Gasteiger partial charge in [0.15, 0.2) is 0 Å². The first-order valence-electron chi connectivity index (χ1n) is 3.77. The van der Waals surface area contributed by atoms with Crippen molar-refractivity contribution in [1.82, 2.24) is 0 Å². The van der Waals surface area contributed by atoms with Crippen molar-refractivity contribution < 1.29 is 17.6 Å². The lowest BCUT2D eigenvalue weighted by Crippen LogP contribution is -2.06. The van der Waals surface area contributed by atoms with Gasteiger partial charge in [-0.1, -0.05) is 6.08 Å². The van der Waals surface area contributed by atoms with Crippen LogP contribution in [-0.2, 0) is 6.18 Å². The number of halogens is 4. The molecule has 0 saturated carbocycles. The van der Waals surface area contributed by atoms with E-state index in [0.29, 0.717) is 6.07 Å². The predicted molar refractivity (Wildman–Crippen MR) is 45.0 cm³/mol. The van der Waals surface area contributed by atoms with Crippen LogP contribution < -0.4 is 0 Å². The van der Waals surface area contributed by atoms with E-state index in [1.165, 1.54) is 12.5 Å². The molecule has 14 heavy (non-hydrogen) atoms. The Bertz CT molecular complexity index is 338. The van der Waals surface area contributed by atoms with Gasteiger partial charge in [-0.3, -0.25) is 0 Å². The molecule has 0 aliphatic heterocycles. The summed E-state index contributed by atoms with van der Waals surface area (Å²) in [5, 5.41) is 0. The van der Waals surface area contributed by atoms with E-state index in [9.17, 15) is 17.6 Å². The van der Waals surface area contributed by atoms with Crippen LogP contribution in [0.3, 0.4) is 0 Å². The molecule has 0 N–H and O–H groups in total. The van der Waals surface area contributed by atoms with Gasteiger partial charge in [-0.2, -0.15) is 13.2 Å². The van der Waals surface area contributed by atoms with Crippen LogP contribution >= 0.6 is 0 Å². The Hall–Kier alpha value is -1.32. The molecule has 0 heterocycles. The molecule has 4 heteroatoms. The summed E-state index contributed by atoms with van der Waals surface area (Å²) in [6, 6.07) is 2.34. The first-order valence-corrected chi connectivity index (χ1v) is 3.77. The SMILES string of the molecule is C=C[CH]c1cc(F)cc(C(F)(F)F)c1. The van der Waals surface area contributed by atoms with Crippen LogP contribution in [-0.4, -0.2) is 0 Å². The molecule has 0 bridgehead atoms. The molecule has 0 atom stereocenters. The fourth-order valence-corrected chi connectivity index (χ4v) is 1.01. The van der Waals surface area contributed by atoms with Crippen LogP contribution in [0.1, 0.15) is 11.1 Å². The summed E-state index contributed by atoms with van der Waals surface area (Å²) in [5.74, 6) is -0.909. The van der Waals surface area contributed by atoms with Crippen LogP contribution in [0, 0.1) is 12.2 Å². The van der Waals surface area contributed by atoms with Crippen LogP contribution in [0.15, 0.2) is 30.9 Å². The molecular weight excluding hydrogens is 196 g/mol. The van der Waals surface area contributed by atoms with Gasteiger partial charge in [0.2, 0.25) is 0 Å². The molecule has 0 aromatic heterocycles. The minimum atomic E-state index is -4.52. The normalized spacial score (nSPS) is 11.4. The van der Waals surface area contributed by atoms with E-state index in [-0.39, 0.29) is 5.56 Å². The van der Waals surface area contributed by atoms with Gasteiger partial charge in [0.1, 0.15) is 5.82 Å². The molecule has 0 unspecified atom stereocenters. The second-order valence-electron chi connectivity index (χ2n) is 2.67. The quantitative estimate of drug-likeness (QED) is 0.644. The zero-order valence-corrected chi connectivity index (χ0v) is 7.11. The Morgan fingerprint density at radius 1 is 1.14 bits per heavy atom. The maximum atomic E-state index is 12.7. The number of rotatable bonds is 2. The summed E-state index contributed by atoms with van der Waals surface area (Å²) < 4.78 is 49.3. The Kier molecular flexibility index (Phi) is 2.93. The van der Waals surface area contributed by atoms with Gasteiger partial charge in [-0.25, -0.2) is 4.39 Å². The molecule has 0 nitrogen and oxygen atoms in total. The molecule has 1 aromatic carbocycles. The minimum Gasteiger partial charge on any atom is -0.207 e. The van der Waals surface area contributed by atoms with Gasteiger partial charge in [0, 0.05) is 6.42 Å². The largest absolute Gasteiger partial charge is 0.416 e. The number of hydrogen-bond acceptors (Lipinski definition) is 0. The van der Waals surface area contributed by atoms with Crippen LogP contribution in [0.4, 0.5) is 17.6 Å².